The van der Waals surface area contributed by atoms with E-state index >= 15 is 0 Å². The number of rotatable bonds is 12. The number of halogens is 1. The number of aliphatic hydroxyl groups excluding tert-OH is 1. The number of benzene rings is 2. The molecule has 0 spiro atoms. The van der Waals surface area contributed by atoms with Gasteiger partial charge in [-0.3, -0.25) is 9.79 Å². The Balaban J connectivity index is 1.36. The summed E-state index contributed by atoms with van der Waals surface area (Å²) in [6.45, 7) is 3.76. The number of fused-ring (bicyclic) bond motifs is 1. The minimum Gasteiger partial charge on any atom is -0.494 e. The first-order valence-corrected chi connectivity index (χ1v) is 12.8. The summed E-state index contributed by atoms with van der Waals surface area (Å²) in [4.78, 5) is 17.5. The summed E-state index contributed by atoms with van der Waals surface area (Å²) < 4.78 is 29.8. The first kappa shape index (κ1) is 25.9. The smallest absolute Gasteiger partial charge is 0.220 e. The lowest BCUT2D eigenvalue weighted by molar-refractivity contribution is -0.122. The number of nitrogens with one attached hydrogen (secondary N) is 1. The Labute approximate surface area is 211 Å². The highest BCUT2D eigenvalue weighted by molar-refractivity contribution is 5.91. The first-order valence-electron chi connectivity index (χ1n) is 12.8. The van der Waals surface area contributed by atoms with Crippen molar-refractivity contribution in [3.63, 3.8) is 0 Å². The maximum Gasteiger partial charge on any atom is 0.220 e. The third-order valence-corrected chi connectivity index (χ3v) is 6.61. The number of amides is 1. The van der Waals surface area contributed by atoms with E-state index in [0.717, 1.165) is 25.7 Å². The van der Waals surface area contributed by atoms with Gasteiger partial charge in [-0.05, 0) is 73.6 Å². The fourth-order valence-electron chi connectivity index (χ4n) is 4.49. The molecule has 2 aromatic rings. The summed E-state index contributed by atoms with van der Waals surface area (Å²) in [6, 6.07) is 10.6. The molecular weight excluding hydrogens is 463 g/mol. The normalized spacial score (nSPS) is 19.3. The maximum atomic E-state index is 13.0. The fraction of sp³-hybridized carbons (Fsp3) is 0.500. The van der Waals surface area contributed by atoms with E-state index in [1.807, 2.05) is 0 Å². The van der Waals surface area contributed by atoms with Crippen LogP contribution in [0.5, 0.6) is 17.2 Å². The fourth-order valence-corrected chi connectivity index (χ4v) is 4.49. The van der Waals surface area contributed by atoms with Crippen LogP contribution in [0.1, 0.15) is 57.1 Å². The lowest BCUT2D eigenvalue weighted by Crippen LogP contribution is -2.42. The van der Waals surface area contributed by atoms with E-state index in [2.05, 4.69) is 12.2 Å². The summed E-state index contributed by atoms with van der Waals surface area (Å²) >= 11 is 0. The predicted octanol–water partition coefficient (Wildman–Crippen LogP) is 4.63. The van der Waals surface area contributed by atoms with Crippen molar-refractivity contribution in [3.8, 4) is 17.2 Å². The van der Waals surface area contributed by atoms with Gasteiger partial charge in [0.25, 0.3) is 0 Å². The van der Waals surface area contributed by atoms with Gasteiger partial charge in [0.05, 0.1) is 19.2 Å². The Morgan fingerprint density at radius 3 is 2.69 bits per heavy atom. The number of nitrogens with zero attached hydrogens (tertiary/aromatic N) is 1. The minimum atomic E-state index is -0.950. The SMILES string of the molecule is CCCC1CC/C1=N/C[C@H](NC(=O)CCCOc1ccc(F)cc1)C(O)c1ccc2c(c1)OCCO2. The van der Waals surface area contributed by atoms with Crippen molar-refractivity contribution >= 4 is 11.6 Å². The van der Waals surface area contributed by atoms with E-state index in [1.54, 1.807) is 30.3 Å². The molecule has 1 aliphatic heterocycles. The van der Waals surface area contributed by atoms with E-state index in [0.29, 0.717) is 61.5 Å². The minimum absolute atomic E-state index is 0.182. The van der Waals surface area contributed by atoms with Crippen LogP contribution in [0, 0.1) is 11.7 Å². The lowest BCUT2D eigenvalue weighted by Gasteiger charge is -2.30. The molecule has 7 nitrogen and oxygen atoms in total. The van der Waals surface area contributed by atoms with Crippen LogP contribution in [0.2, 0.25) is 0 Å². The van der Waals surface area contributed by atoms with Crippen molar-refractivity contribution in [1.29, 1.82) is 0 Å². The lowest BCUT2D eigenvalue weighted by atomic mass is 9.80. The van der Waals surface area contributed by atoms with Crippen molar-refractivity contribution < 1.29 is 28.5 Å². The highest BCUT2D eigenvalue weighted by atomic mass is 19.1. The Morgan fingerprint density at radius 2 is 1.97 bits per heavy atom. The van der Waals surface area contributed by atoms with Gasteiger partial charge in [-0.25, -0.2) is 4.39 Å². The summed E-state index contributed by atoms with van der Waals surface area (Å²) in [5.74, 6) is 1.81. The van der Waals surface area contributed by atoms with Gasteiger partial charge < -0.3 is 24.6 Å². The van der Waals surface area contributed by atoms with Crippen LogP contribution in [0.4, 0.5) is 4.39 Å². The second-order valence-electron chi connectivity index (χ2n) is 9.28. The van der Waals surface area contributed by atoms with E-state index in [1.165, 1.54) is 17.8 Å². The molecule has 0 radical (unpaired) electrons. The van der Waals surface area contributed by atoms with Gasteiger partial charge in [-0.2, -0.15) is 0 Å². The van der Waals surface area contributed by atoms with Crippen molar-refractivity contribution in [2.45, 2.75) is 57.6 Å². The molecule has 36 heavy (non-hydrogen) atoms. The topological polar surface area (TPSA) is 89.4 Å². The van der Waals surface area contributed by atoms with Crippen LogP contribution < -0.4 is 19.5 Å². The molecule has 4 rings (SSSR count). The van der Waals surface area contributed by atoms with Gasteiger partial charge in [0.15, 0.2) is 11.5 Å². The molecule has 0 aromatic heterocycles. The molecule has 1 saturated carbocycles. The second kappa shape index (κ2) is 12.7. The molecule has 1 amide bonds. The zero-order valence-corrected chi connectivity index (χ0v) is 20.7. The van der Waals surface area contributed by atoms with Crippen molar-refractivity contribution in [1.82, 2.24) is 5.32 Å². The Kier molecular flexibility index (Phi) is 9.17. The van der Waals surface area contributed by atoms with Crippen LogP contribution in [0.3, 0.4) is 0 Å². The van der Waals surface area contributed by atoms with Gasteiger partial charge >= 0.3 is 0 Å². The van der Waals surface area contributed by atoms with Crippen molar-refractivity contribution in [2.75, 3.05) is 26.4 Å². The largest absolute Gasteiger partial charge is 0.494 e. The molecule has 2 aliphatic rings. The van der Waals surface area contributed by atoms with Crippen molar-refractivity contribution in [3.05, 3.63) is 53.8 Å². The molecule has 2 aromatic carbocycles. The van der Waals surface area contributed by atoms with Gasteiger partial charge in [0, 0.05) is 12.1 Å². The zero-order valence-electron chi connectivity index (χ0n) is 20.7. The highest BCUT2D eigenvalue weighted by Gasteiger charge is 2.28. The predicted molar refractivity (Wildman–Crippen MR) is 135 cm³/mol. The van der Waals surface area contributed by atoms with Gasteiger partial charge in [0.1, 0.15) is 30.9 Å². The number of ether oxygens (including phenoxy) is 3. The zero-order chi connectivity index (χ0) is 25.3. The molecule has 2 unspecified atom stereocenters. The van der Waals surface area contributed by atoms with E-state index in [4.69, 9.17) is 19.2 Å². The van der Waals surface area contributed by atoms with Crippen LogP contribution in [-0.2, 0) is 4.79 Å². The number of aliphatic hydroxyl groups is 1. The van der Waals surface area contributed by atoms with E-state index < -0.39 is 12.1 Å². The molecule has 0 bridgehead atoms. The van der Waals surface area contributed by atoms with Gasteiger partial charge in [0.2, 0.25) is 5.91 Å². The van der Waals surface area contributed by atoms with Crippen LogP contribution in [-0.4, -0.2) is 49.1 Å². The Bertz CT molecular complexity index is 1040. The number of carbonyl (C=O) groups is 1. The molecular formula is C28H35FN2O5. The standard InChI is InChI=1S/C28H35FN2O5/c1-2-4-19-6-12-23(19)30-18-24(28(33)20-7-13-25-26(17-20)36-16-15-35-25)31-27(32)5-3-14-34-22-10-8-21(29)9-11-22/h7-11,13,17,19,24,28,33H,2-6,12,14-16,18H2,1H3,(H,31,32)/b30-23-/t19?,24-,28?/m0/s1. The average molecular weight is 499 g/mol. The molecule has 194 valence electrons. The molecule has 3 atom stereocenters. The summed E-state index contributed by atoms with van der Waals surface area (Å²) in [5, 5.41) is 14.2. The third-order valence-electron chi connectivity index (χ3n) is 6.61. The number of aliphatic imine (C=N–C) groups is 1. The molecule has 1 aliphatic carbocycles. The highest BCUT2D eigenvalue weighted by Crippen LogP contribution is 2.34. The molecule has 0 saturated heterocycles. The molecule has 2 N–H and O–H groups in total. The van der Waals surface area contributed by atoms with Crippen LogP contribution >= 0.6 is 0 Å². The molecule has 1 heterocycles. The van der Waals surface area contributed by atoms with Gasteiger partial charge in [-0.15, -0.1) is 0 Å². The number of hydrogen-bond acceptors (Lipinski definition) is 6. The number of hydrogen-bond donors (Lipinski definition) is 2. The Morgan fingerprint density at radius 1 is 1.19 bits per heavy atom. The number of carbonyl (C=O) groups excluding carboxylic acids is 1. The quantitative estimate of drug-likeness (QED) is 0.417. The Hall–Kier alpha value is -3.13. The second-order valence-corrected chi connectivity index (χ2v) is 9.28. The summed E-state index contributed by atoms with van der Waals surface area (Å²) in [5.41, 5.74) is 1.82. The maximum absolute atomic E-state index is 13.0. The van der Waals surface area contributed by atoms with E-state index in [-0.39, 0.29) is 18.1 Å². The molecule has 1 fully saturated rings. The first-order chi connectivity index (χ1) is 17.5. The van der Waals surface area contributed by atoms with Gasteiger partial charge in [-0.1, -0.05) is 19.4 Å². The van der Waals surface area contributed by atoms with E-state index in [9.17, 15) is 14.3 Å². The average Bonchev–Trinajstić information content (AvgIpc) is 2.89. The van der Waals surface area contributed by atoms with Crippen LogP contribution in [0.15, 0.2) is 47.5 Å². The summed E-state index contributed by atoms with van der Waals surface area (Å²) in [7, 11) is 0. The monoisotopic (exact) mass is 498 g/mol. The van der Waals surface area contributed by atoms with Crippen LogP contribution in [0.25, 0.3) is 0 Å². The summed E-state index contributed by atoms with van der Waals surface area (Å²) in [6.07, 6.45) is 4.14. The van der Waals surface area contributed by atoms with Crippen molar-refractivity contribution in [2.24, 2.45) is 10.9 Å². The third kappa shape index (κ3) is 6.97. The molecule has 8 heteroatoms.